The maximum absolute atomic E-state index is 13.2. The average molecular weight is 504 g/mol. The second-order valence-electron chi connectivity index (χ2n) is 10.4. The van der Waals surface area contributed by atoms with Gasteiger partial charge >= 0.3 is 0 Å². The Kier molecular flexibility index (Phi) is 11.8. The first-order valence-corrected chi connectivity index (χ1v) is 13.6. The molecule has 2 saturated carbocycles. The highest BCUT2D eigenvalue weighted by atomic mass is 127. The third-order valence-electron chi connectivity index (χ3n) is 7.35. The summed E-state index contributed by atoms with van der Waals surface area (Å²) in [6, 6.07) is 0.409. The molecule has 3 heteroatoms. The van der Waals surface area contributed by atoms with Crippen LogP contribution in [0.25, 0.3) is 0 Å². The van der Waals surface area contributed by atoms with Crippen LogP contribution in [-0.2, 0) is 4.79 Å². The Hall–Kier alpha value is 0.200. The molecule has 2 nitrogen and oxygen atoms in total. The molecule has 2 aliphatic rings. The first-order valence-electron chi connectivity index (χ1n) is 12.4. The van der Waals surface area contributed by atoms with Gasteiger partial charge in [0.25, 0.3) is 0 Å². The van der Waals surface area contributed by atoms with Crippen LogP contribution in [0.5, 0.6) is 0 Å². The predicted molar refractivity (Wildman–Crippen MR) is 130 cm³/mol. The minimum absolute atomic E-state index is 0.253. The van der Waals surface area contributed by atoms with Crippen molar-refractivity contribution in [2.75, 3.05) is 0 Å². The van der Waals surface area contributed by atoms with Crippen molar-refractivity contribution in [2.45, 2.75) is 127 Å². The molecule has 1 N–H and O–H groups in total. The van der Waals surface area contributed by atoms with Gasteiger partial charge in [-0.2, -0.15) is 0 Å². The highest BCUT2D eigenvalue weighted by Crippen LogP contribution is 2.29. The Bertz CT molecular complexity index is 440. The lowest BCUT2D eigenvalue weighted by atomic mass is 9.87. The van der Waals surface area contributed by atoms with E-state index in [0.717, 1.165) is 34.5 Å². The molecule has 2 fully saturated rings. The van der Waals surface area contributed by atoms with E-state index < -0.39 is 0 Å². The minimum Gasteiger partial charge on any atom is -0.353 e. The Morgan fingerprint density at radius 2 is 1.29 bits per heavy atom. The summed E-state index contributed by atoms with van der Waals surface area (Å²) in [4.78, 5) is 13.2. The molecular formula is C25H46INO. The molecular weight excluding hydrogens is 457 g/mol. The molecule has 0 aliphatic heterocycles. The fourth-order valence-electron chi connectivity index (χ4n) is 5.23. The summed E-state index contributed by atoms with van der Waals surface area (Å²) in [6.07, 6.45) is 19.0. The van der Waals surface area contributed by atoms with Gasteiger partial charge in [-0.25, -0.2) is 0 Å². The Labute approximate surface area is 188 Å². The minimum atomic E-state index is 0.253. The van der Waals surface area contributed by atoms with Crippen LogP contribution in [0.15, 0.2) is 0 Å². The number of alkyl halides is 1. The number of rotatable bonds is 2. The SMILES string of the molecule is CC1CCCC(C)CCC(NC(=O)C2CCCCC(I)CC(C)CC2)CCC1. The zero-order chi connectivity index (χ0) is 20.4. The van der Waals surface area contributed by atoms with E-state index >= 15 is 0 Å². The summed E-state index contributed by atoms with van der Waals surface area (Å²) in [5.74, 6) is 3.04. The maximum Gasteiger partial charge on any atom is 0.223 e. The third-order valence-corrected chi connectivity index (χ3v) is 8.49. The quantitative estimate of drug-likeness (QED) is 0.304. The lowest BCUT2D eigenvalue weighted by molar-refractivity contribution is -0.126. The molecule has 0 radical (unpaired) electrons. The van der Waals surface area contributed by atoms with Crippen molar-refractivity contribution < 1.29 is 4.79 Å². The van der Waals surface area contributed by atoms with E-state index in [1.807, 2.05) is 0 Å². The number of nitrogens with one attached hydrogen (secondary N) is 1. The van der Waals surface area contributed by atoms with E-state index in [1.165, 1.54) is 83.5 Å². The van der Waals surface area contributed by atoms with Crippen LogP contribution in [0.3, 0.4) is 0 Å². The van der Waals surface area contributed by atoms with E-state index in [-0.39, 0.29) is 5.92 Å². The van der Waals surface area contributed by atoms with Crippen molar-refractivity contribution >= 4 is 28.5 Å². The summed E-state index contributed by atoms with van der Waals surface area (Å²) in [6.45, 7) is 7.21. The van der Waals surface area contributed by atoms with Crippen molar-refractivity contribution in [2.24, 2.45) is 23.7 Å². The number of amides is 1. The van der Waals surface area contributed by atoms with Crippen LogP contribution in [-0.4, -0.2) is 15.9 Å². The molecule has 0 aromatic heterocycles. The standard InChI is InChI=1S/C25H46INO/c1-19-8-6-9-20(2)15-17-24(13-7-10-19)27-25(28)22-11-4-5-12-23(26)18-21(3)14-16-22/h19-24H,4-18H2,1-3H3,(H,27,28). The molecule has 0 heterocycles. The Morgan fingerprint density at radius 3 is 2.04 bits per heavy atom. The van der Waals surface area contributed by atoms with Gasteiger partial charge in [0.05, 0.1) is 0 Å². The highest BCUT2D eigenvalue weighted by Gasteiger charge is 2.24. The molecule has 2 aliphatic carbocycles. The largest absolute Gasteiger partial charge is 0.353 e. The third kappa shape index (κ3) is 9.80. The number of hydrogen-bond donors (Lipinski definition) is 1. The van der Waals surface area contributed by atoms with E-state index in [1.54, 1.807) is 0 Å². The maximum atomic E-state index is 13.2. The summed E-state index contributed by atoms with van der Waals surface area (Å²) in [7, 11) is 0. The van der Waals surface area contributed by atoms with Gasteiger partial charge < -0.3 is 5.32 Å². The van der Waals surface area contributed by atoms with Gasteiger partial charge in [-0.3, -0.25) is 4.79 Å². The lowest BCUT2D eigenvalue weighted by Gasteiger charge is -2.26. The fourth-order valence-corrected chi connectivity index (χ4v) is 6.54. The topological polar surface area (TPSA) is 29.1 Å². The Balaban J connectivity index is 1.89. The smallest absolute Gasteiger partial charge is 0.223 e. The molecule has 164 valence electrons. The van der Waals surface area contributed by atoms with E-state index in [4.69, 9.17) is 0 Å². The van der Waals surface area contributed by atoms with Crippen LogP contribution in [0.2, 0.25) is 0 Å². The summed E-state index contributed by atoms with van der Waals surface area (Å²) < 4.78 is 0.828. The van der Waals surface area contributed by atoms with Gasteiger partial charge in [-0.15, -0.1) is 0 Å². The number of carbonyl (C=O) groups is 1. The lowest BCUT2D eigenvalue weighted by Crippen LogP contribution is -2.39. The van der Waals surface area contributed by atoms with Crippen LogP contribution < -0.4 is 5.32 Å². The molecule has 1 amide bonds. The molecule has 6 atom stereocenters. The van der Waals surface area contributed by atoms with Gasteiger partial charge in [-0.05, 0) is 69.1 Å². The molecule has 28 heavy (non-hydrogen) atoms. The zero-order valence-electron chi connectivity index (χ0n) is 18.9. The molecule has 6 unspecified atom stereocenters. The number of hydrogen-bond acceptors (Lipinski definition) is 1. The monoisotopic (exact) mass is 503 g/mol. The van der Waals surface area contributed by atoms with E-state index in [0.29, 0.717) is 11.9 Å². The Morgan fingerprint density at radius 1 is 0.679 bits per heavy atom. The van der Waals surface area contributed by atoms with Gasteiger partial charge in [0.1, 0.15) is 0 Å². The van der Waals surface area contributed by atoms with Crippen LogP contribution >= 0.6 is 22.6 Å². The van der Waals surface area contributed by atoms with Gasteiger partial charge in [0, 0.05) is 15.9 Å². The molecule has 2 rings (SSSR count). The first-order chi connectivity index (χ1) is 13.4. The van der Waals surface area contributed by atoms with Crippen molar-refractivity contribution in [3.8, 4) is 0 Å². The predicted octanol–water partition coefficient (Wildman–Crippen LogP) is 7.68. The number of halogens is 1. The van der Waals surface area contributed by atoms with Crippen molar-refractivity contribution in [3.63, 3.8) is 0 Å². The number of carbonyl (C=O) groups excluding carboxylic acids is 1. The molecule has 0 bridgehead atoms. The van der Waals surface area contributed by atoms with E-state index in [2.05, 4.69) is 48.7 Å². The van der Waals surface area contributed by atoms with E-state index in [9.17, 15) is 4.79 Å². The zero-order valence-corrected chi connectivity index (χ0v) is 21.0. The molecule has 0 spiro atoms. The normalized spacial score (nSPS) is 37.4. The van der Waals surface area contributed by atoms with Crippen molar-refractivity contribution in [3.05, 3.63) is 0 Å². The van der Waals surface area contributed by atoms with Crippen molar-refractivity contribution in [1.29, 1.82) is 0 Å². The summed E-state index contributed by atoms with van der Waals surface area (Å²) >= 11 is 2.64. The van der Waals surface area contributed by atoms with Crippen LogP contribution in [0, 0.1) is 23.7 Å². The molecule has 0 saturated heterocycles. The second kappa shape index (κ2) is 13.5. The summed E-state index contributed by atoms with van der Waals surface area (Å²) in [5, 5.41) is 3.53. The molecule has 0 aromatic carbocycles. The second-order valence-corrected chi connectivity index (χ2v) is 12.1. The average Bonchev–Trinajstić information content (AvgIpc) is 2.67. The highest BCUT2D eigenvalue weighted by molar-refractivity contribution is 14.1. The first kappa shape index (κ1) is 24.5. The van der Waals surface area contributed by atoms with Gasteiger partial charge in [0.2, 0.25) is 5.91 Å². The van der Waals surface area contributed by atoms with Gasteiger partial charge in [-0.1, -0.05) is 88.3 Å². The van der Waals surface area contributed by atoms with Crippen LogP contribution in [0.4, 0.5) is 0 Å². The van der Waals surface area contributed by atoms with Crippen LogP contribution in [0.1, 0.15) is 117 Å². The van der Waals surface area contributed by atoms with Gasteiger partial charge in [0.15, 0.2) is 0 Å². The summed E-state index contributed by atoms with van der Waals surface area (Å²) in [5.41, 5.74) is 0. The van der Waals surface area contributed by atoms with Crippen molar-refractivity contribution in [1.82, 2.24) is 5.32 Å². The molecule has 0 aromatic rings. The fraction of sp³-hybridized carbons (Fsp3) is 0.960.